The molecule has 0 spiro atoms. The lowest BCUT2D eigenvalue weighted by atomic mass is 9.95. The van der Waals surface area contributed by atoms with Crippen molar-refractivity contribution in [3.8, 4) is 0 Å². The summed E-state index contributed by atoms with van der Waals surface area (Å²) in [6.07, 6.45) is 2.12. The number of hydrogen-bond acceptors (Lipinski definition) is 1. The molecular weight excluding hydrogens is 216 g/mol. The third kappa shape index (κ3) is 4.62. The molecule has 0 bridgehead atoms. The van der Waals surface area contributed by atoms with Gasteiger partial charge in [0.2, 0.25) is 0 Å². The van der Waals surface area contributed by atoms with Gasteiger partial charge in [0.25, 0.3) is 0 Å². The molecule has 0 radical (unpaired) electrons. The van der Waals surface area contributed by atoms with E-state index in [0.29, 0.717) is 5.11 Å². The van der Waals surface area contributed by atoms with Crippen LogP contribution in [0.1, 0.15) is 25.8 Å². The van der Waals surface area contributed by atoms with E-state index in [2.05, 4.69) is 48.7 Å². The molecule has 2 N–H and O–H groups in total. The first-order valence-corrected chi connectivity index (χ1v) is 5.98. The van der Waals surface area contributed by atoms with Crippen molar-refractivity contribution in [3.05, 3.63) is 35.9 Å². The SMILES string of the molecule is CNC(=S)NC(C)(C)CCc1ccccc1. The Bertz CT molecular complexity index is 333. The average molecular weight is 236 g/mol. The van der Waals surface area contributed by atoms with Crippen molar-refractivity contribution >= 4 is 17.3 Å². The number of hydrogen-bond donors (Lipinski definition) is 2. The molecule has 0 aromatic heterocycles. The predicted octanol–water partition coefficient (Wildman–Crippen LogP) is 2.49. The molecule has 0 saturated carbocycles. The Kier molecular flexibility index (Phi) is 4.74. The fourth-order valence-corrected chi connectivity index (χ4v) is 1.81. The Morgan fingerprint density at radius 3 is 2.44 bits per heavy atom. The van der Waals surface area contributed by atoms with Crippen LogP contribution in [0.2, 0.25) is 0 Å². The van der Waals surface area contributed by atoms with Gasteiger partial charge in [-0.05, 0) is 44.5 Å². The number of rotatable bonds is 4. The van der Waals surface area contributed by atoms with Crippen molar-refractivity contribution in [2.24, 2.45) is 0 Å². The Labute approximate surface area is 103 Å². The summed E-state index contributed by atoms with van der Waals surface area (Å²) in [6.45, 7) is 4.33. The second-order valence-corrected chi connectivity index (χ2v) is 4.98. The van der Waals surface area contributed by atoms with Gasteiger partial charge in [-0.2, -0.15) is 0 Å². The normalized spacial score (nSPS) is 10.9. The molecule has 0 aliphatic heterocycles. The topological polar surface area (TPSA) is 24.1 Å². The van der Waals surface area contributed by atoms with Gasteiger partial charge in [0.05, 0.1) is 0 Å². The molecule has 0 aliphatic carbocycles. The predicted molar refractivity (Wildman–Crippen MR) is 73.6 cm³/mol. The molecule has 1 rings (SSSR count). The summed E-state index contributed by atoms with van der Waals surface area (Å²) in [5.74, 6) is 0. The third-order valence-electron chi connectivity index (χ3n) is 2.56. The molecule has 16 heavy (non-hydrogen) atoms. The van der Waals surface area contributed by atoms with Crippen LogP contribution in [0.5, 0.6) is 0 Å². The molecule has 0 aliphatic rings. The minimum Gasteiger partial charge on any atom is -0.366 e. The van der Waals surface area contributed by atoms with Crippen LogP contribution < -0.4 is 10.6 Å². The van der Waals surface area contributed by atoms with Gasteiger partial charge in [-0.25, -0.2) is 0 Å². The van der Waals surface area contributed by atoms with E-state index in [1.807, 2.05) is 13.1 Å². The molecule has 0 fully saturated rings. The molecule has 88 valence electrons. The first-order chi connectivity index (χ1) is 7.53. The van der Waals surface area contributed by atoms with E-state index in [-0.39, 0.29) is 5.54 Å². The Balaban J connectivity index is 2.44. The average Bonchev–Trinajstić information content (AvgIpc) is 2.27. The zero-order valence-electron chi connectivity index (χ0n) is 10.2. The zero-order valence-corrected chi connectivity index (χ0v) is 11.0. The van der Waals surface area contributed by atoms with Crippen LogP contribution in [0.15, 0.2) is 30.3 Å². The maximum absolute atomic E-state index is 5.11. The lowest BCUT2D eigenvalue weighted by Gasteiger charge is -2.27. The van der Waals surface area contributed by atoms with E-state index >= 15 is 0 Å². The molecule has 0 heterocycles. The largest absolute Gasteiger partial charge is 0.366 e. The van der Waals surface area contributed by atoms with Crippen molar-refractivity contribution in [1.82, 2.24) is 10.6 Å². The molecular formula is C13H20N2S. The van der Waals surface area contributed by atoms with Crippen molar-refractivity contribution < 1.29 is 0 Å². The summed E-state index contributed by atoms with van der Waals surface area (Å²) in [7, 11) is 1.84. The van der Waals surface area contributed by atoms with Gasteiger partial charge >= 0.3 is 0 Å². The monoisotopic (exact) mass is 236 g/mol. The van der Waals surface area contributed by atoms with Gasteiger partial charge in [0, 0.05) is 12.6 Å². The van der Waals surface area contributed by atoms with Crippen LogP contribution in [0.25, 0.3) is 0 Å². The molecule has 3 heteroatoms. The molecule has 2 nitrogen and oxygen atoms in total. The summed E-state index contributed by atoms with van der Waals surface area (Å²) < 4.78 is 0. The zero-order chi connectivity index (χ0) is 12.0. The molecule has 0 unspecified atom stereocenters. The van der Waals surface area contributed by atoms with E-state index in [1.165, 1.54) is 5.56 Å². The Hall–Kier alpha value is -1.09. The molecule has 0 atom stereocenters. The minimum absolute atomic E-state index is 0.0237. The minimum atomic E-state index is 0.0237. The number of benzene rings is 1. The lowest BCUT2D eigenvalue weighted by molar-refractivity contribution is 0.424. The van der Waals surface area contributed by atoms with Gasteiger partial charge in [-0.1, -0.05) is 30.3 Å². The Morgan fingerprint density at radius 2 is 1.88 bits per heavy atom. The van der Waals surface area contributed by atoms with E-state index in [0.717, 1.165) is 12.8 Å². The maximum atomic E-state index is 5.11. The molecule has 0 saturated heterocycles. The van der Waals surface area contributed by atoms with Crippen LogP contribution in [0.3, 0.4) is 0 Å². The number of nitrogens with one attached hydrogen (secondary N) is 2. The quantitative estimate of drug-likeness (QED) is 0.785. The summed E-state index contributed by atoms with van der Waals surface area (Å²) in [4.78, 5) is 0. The second kappa shape index (κ2) is 5.85. The van der Waals surface area contributed by atoms with Crippen molar-refractivity contribution in [1.29, 1.82) is 0 Å². The highest BCUT2D eigenvalue weighted by Gasteiger charge is 2.17. The van der Waals surface area contributed by atoms with E-state index in [9.17, 15) is 0 Å². The number of thiocarbonyl (C=S) groups is 1. The summed E-state index contributed by atoms with van der Waals surface area (Å²) in [6, 6.07) is 10.5. The fourth-order valence-electron chi connectivity index (χ4n) is 1.53. The Morgan fingerprint density at radius 1 is 1.25 bits per heavy atom. The van der Waals surface area contributed by atoms with Crippen molar-refractivity contribution in [2.75, 3.05) is 7.05 Å². The lowest BCUT2D eigenvalue weighted by Crippen LogP contribution is -2.47. The highest BCUT2D eigenvalue weighted by molar-refractivity contribution is 7.80. The smallest absolute Gasteiger partial charge is 0.166 e. The van der Waals surface area contributed by atoms with Crippen LogP contribution in [0, 0.1) is 0 Å². The summed E-state index contributed by atoms with van der Waals surface area (Å²) in [5.41, 5.74) is 1.39. The van der Waals surface area contributed by atoms with Crippen LogP contribution in [-0.2, 0) is 6.42 Å². The van der Waals surface area contributed by atoms with Crippen LogP contribution >= 0.6 is 12.2 Å². The van der Waals surface area contributed by atoms with Crippen LogP contribution in [-0.4, -0.2) is 17.7 Å². The van der Waals surface area contributed by atoms with Crippen LogP contribution in [0.4, 0.5) is 0 Å². The van der Waals surface area contributed by atoms with E-state index < -0.39 is 0 Å². The molecule has 1 aromatic rings. The maximum Gasteiger partial charge on any atom is 0.166 e. The van der Waals surface area contributed by atoms with Gasteiger partial charge in [-0.15, -0.1) is 0 Å². The van der Waals surface area contributed by atoms with Gasteiger partial charge < -0.3 is 10.6 Å². The summed E-state index contributed by atoms with van der Waals surface area (Å²) >= 11 is 5.11. The van der Waals surface area contributed by atoms with Gasteiger partial charge in [0.15, 0.2) is 5.11 Å². The standard InChI is InChI=1S/C13H20N2S/c1-13(2,15-12(16)14-3)10-9-11-7-5-4-6-8-11/h4-8H,9-10H2,1-3H3,(H2,14,15,16). The van der Waals surface area contributed by atoms with E-state index in [4.69, 9.17) is 12.2 Å². The van der Waals surface area contributed by atoms with Gasteiger partial charge in [0.1, 0.15) is 0 Å². The second-order valence-electron chi connectivity index (χ2n) is 4.57. The highest BCUT2D eigenvalue weighted by Crippen LogP contribution is 2.13. The first-order valence-electron chi connectivity index (χ1n) is 5.57. The van der Waals surface area contributed by atoms with Gasteiger partial charge in [-0.3, -0.25) is 0 Å². The third-order valence-corrected chi connectivity index (χ3v) is 2.87. The van der Waals surface area contributed by atoms with E-state index in [1.54, 1.807) is 0 Å². The fraction of sp³-hybridized carbons (Fsp3) is 0.462. The first kappa shape index (κ1) is 13.0. The number of aryl methyl sites for hydroxylation is 1. The molecule has 1 aromatic carbocycles. The highest BCUT2D eigenvalue weighted by atomic mass is 32.1. The molecule has 0 amide bonds. The summed E-state index contributed by atoms with van der Waals surface area (Å²) in [5, 5.41) is 6.94. The van der Waals surface area contributed by atoms with Crippen molar-refractivity contribution in [3.63, 3.8) is 0 Å². The van der Waals surface area contributed by atoms with Crippen molar-refractivity contribution in [2.45, 2.75) is 32.2 Å².